The number of halogens is 1. The lowest BCUT2D eigenvalue weighted by Crippen LogP contribution is -2.09. The standard InChI is InChI=1S/C15H20BrNO/c1-3-10(2)15(16)12-7-8-13-11(9-12)5-4-6-14(18)17-13/h7-10,15H,3-6H2,1-2H3,(H,17,18). The summed E-state index contributed by atoms with van der Waals surface area (Å²) in [5, 5.41) is 2.98. The second-order valence-corrected chi connectivity index (χ2v) is 6.09. The summed E-state index contributed by atoms with van der Waals surface area (Å²) in [6.07, 6.45) is 3.72. The average molecular weight is 310 g/mol. The van der Waals surface area contributed by atoms with Gasteiger partial charge in [0, 0.05) is 16.9 Å². The highest BCUT2D eigenvalue weighted by atomic mass is 79.9. The van der Waals surface area contributed by atoms with E-state index in [4.69, 9.17) is 0 Å². The number of rotatable bonds is 3. The van der Waals surface area contributed by atoms with E-state index in [-0.39, 0.29) is 5.91 Å². The Morgan fingerprint density at radius 3 is 2.89 bits per heavy atom. The van der Waals surface area contributed by atoms with Crippen LogP contribution in [-0.4, -0.2) is 5.91 Å². The van der Waals surface area contributed by atoms with Crippen molar-refractivity contribution in [3.63, 3.8) is 0 Å². The van der Waals surface area contributed by atoms with E-state index in [1.54, 1.807) is 0 Å². The Hall–Kier alpha value is -0.830. The van der Waals surface area contributed by atoms with Gasteiger partial charge in [-0.15, -0.1) is 0 Å². The van der Waals surface area contributed by atoms with Crippen molar-refractivity contribution >= 4 is 27.5 Å². The molecule has 18 heavy (non-hydrogen) atoms. The number of carbonyl (C=O) groups is 1. The summed E-state index contributed by atoms with van der Waals surface area (Å²) >= 11 is 3.78. The summed E-state index contributed by atoms with van der Waals surface area (Å²) in [5.74, 6) is 0.752. The van der Waals surface area contributed by atoms with E-state index in [1.165, 1.54) is 11.1 Å². The minimum Gasteiger partial charge on any atom is -0.326 e. The molecule has 1 N–H and O–H groups in total. The molecule has 0 radical (unpaired) electrons. The second kappa shape index (κ2) is 5.87. The topological polar surface area (TPSA) is 29.1 Å². The normalized spacial score (nSPS) is 18.5. The highest BCUT2D eigenvalue weighted by molar-refractivity contribution is 9.09. The van der Waals surface area contributed by atoms with Crippen molar-refractivity contribution < 1.29 is 4.79 Å². The summed E-state index contributed by atoms with van der Waals surface area (Å²) in [6, 6.07) is 6.41. The molecule has 0 fully saturated rings. The second-order valence-electron chi connectivity index (χ2n) is 5.11. The van der Waals surface area contributed by atoms with Crippen LogP contribution in [0.4, 0.5) is 5.69 Å². The Kier molecular flexibility index (Phi) is 4.44. The molecule has 1 heterocycles. The first-order valence-electron chi connectivity index (χ1n) is 6.68. The fourth-order valence-corrected chi connectivity index (χ4v) is 2.96. The van der Waals surface area contributed by atoms with Crippen molar-refractivity contribution in [2.24, 2.45) is 5.92 Å². The number of fused-ring (bicyclic) bond motifs is 1. The molecule has 1 aromatic carbocycles. The third kappa shape index (κ3) is 2.94. The minimum absolute atomic E-state index is 0.138. The molecule has 2 atom stereocenters. The van der Waals surface area contributed by atoms with Gasteiger partial charge in [-0.2, -0.15) is 0 Å². The van der Waals surface area contributed by atoms with Crippen LogP contribution in [0.25, 0.3) is 0 Å². The van der Waals surface area contributed by atoms with Gasteiger partial charge in [-0.25, -0.2) is 0 Å². The zero-order valence-electron chi connectivity index (χ0n) is 11.0. The van der Waals surface area contributed by atoms with Crippen LogP contribution in [0.2, 0.25) is 0 Å². The van der Waals surface area contributed by atoms with Gasteiger partial charge in [0.15, 0.2) is 0 Å². The van der Waals surface area contributed by atoms with Gasteiger partial charge in [0.2, 0.25) is 5.91 Å². The van der Waals surface area contributed by atoms with Crippen LogP contribution in [0.3, 0.4) is 0 Å². The van der Waals surface area contributed by atoms with Crippen molar-refractivity contribution in [1.29, 1.82) is 0 Å². The Balaban J connectivity index is 2.26. The molecule has 2 rings (SSSR count). The number of hydrogen-bond donors (Lipinski definition) is 1. The number of alkyl halides is 1. The molecular formula is C15H20BrNO. The minimum atomic E-state index is 0.138. The van der Waals surface area contributed by atoms with E-state index in [2.05, 4.69) is 47.2 Å². The van der Waals surface area contributed by atoms with Gasteiger partial charge in [-0.1, -0.05) is 48.3 Å². The fourth-order valence-electron chi connectivity index (χ4n) is 2.30. The molecule has 0 spiro atoms. The smallest absolute Gasteiger partial charge is 0.224 e. The maximum absolute atomic E-state index is 11.5. The monoisotopic (exact) mass is 309 g/mol. The van der Waals surface area contributed by atoms with Crippen LogP contribution < -0.4 is 5.32 Å². The maximum Gasteiger partial charge on any atom is 0.224 e. The third-order valence-corrected chi connectivity index (χ3v) is 5.15. The number of nitrogens with one attached hydrogen (secondary N) is 1. The first kappa shape index (κ1) is 13.6. The first-order chi connectivity index (χ1) is 8.61. The van der Waals surface area contributed by atoms with Gasteiger partial charge >= 0.3 is 0 Å². The predicted octanol–water partition coefficient (Wildman–Crippen LogP) is 4.44. The summed E-state index contributed by atoms with van der Waals surface area (Å²) in [4.78, 5) is 11.9. The van der Waals surface area contributed by atoms with Gasteiger partial charge in [0.05, 0.1) is 0 Å². The largest absolute Gasteiger partial charge is 0.326 e. The SMILES string of the molecule is CCC(C)C(Br)c1ccc2c(c1)CCCC(=O)N2. The van der Waals surface area contributed by atoms with Crippen LogP contribution >= 0.6 is 15.9 Å². The lowest BCUT2D eigenvalue weighted by atomic mass is 9.96. The van der Waals surface area contributed by atoms with Crippen LogP contribution in [0.15, 0.2) is 18.2 Å². The molecule has 2 nitrogen and oxygen atoms in total. The van der Waals surface area contributed by atoms with E-state index >= 15 is 0 Å². The van der Waals surface area contributed by atoms with E-state index in [0.717, 1.165) is 24.9 Å². The molecule has 0 aromatic heterocycles. The summed E-state index contributed by atoms with van der Waals surface area (Å²) < 4.78 is 0. The molecule has 98 valence electrons. The molecule has 0 aliphatic carbocycles. The number of amides is 1. The van der Waals surface area contributed by atoms with E-state index in [1.807, 2.05) is 6.07 Å². The predicted molar refractivity (Wildman–Crippen MR) is 79.1 cm³/mol. The van der Waals surface area contributed by atoms with Gasteiger partial charge in [0.1, 0.15) is 0 Å². The van der Waals surface area contributed by atoms with Crippen LogP contribution in [0.5, 0.6) is 0 Å². The quantitative estimate of drug-likeness (QED) is 0.821. The molecule has 1 amide bonds. The van der Waals surface area contributed by atoms with Crippen molar-refractivity contribution in [3.05, 3.63) is 29.3 Å². The van der Waals surface area contributed by atoms with Crippen LogP contribution in [0, 0.1) is 5.92 Å². The lowest BCUT2D eigenvalue weighted by molar-refractivity contribution is -0.116. The molecule has 3 heteroatoms. The highest BCUT2D eigenvalue weighted by Gasteiger charge is 2.18. The highest BCUT2D eigenvalue weighted by Crippen LogP contribution is 2.35. The van der Waals surface area contributed by atoms with E-state index < -0.39 is 0 Å². The number of benzene rings is 1. The Morgan fingerprint density at radius 1 is 1.39 bits per heavy atom. The Morgan fingerprint density at radius 2 is 2.17 bits per heavy atom. The molecule has 0 saturated heterocycles. The number of aryl methyl sites for hydroxylation is 1. The zero-order chi connectivity index (χ0) is 13.1. The van der Waals surface area contributed by atoms with Gasteiger partial charge in [-0.05, 0) is 36.0 Å². The summed E-state index contributed by atoms with van der Waals surface area (Å²) in [6.45, 7) is 4.47. The van der Waals surface area contributed by atoms with Gasteiger partial charge in [0.25, 0.3) is 0 Å². The van der Waals surface area contributed by atoms with Crippen molar-refractivity contribution in [2.75, 3.05) is 5.32 Å². The van der Waals surface area contributed by atoms with E-state index in [9.17, 15) is 4.79 Å². The molecular weight excluding hydrogens is 290 g/mol. The van der Waals surface area contributed by atoms with Crippen molar-refractivity contribution in [2.45, 2.75) is 44.4 Å². The molecule has 1 aliphatic rings. The first-order valence-corrected chi connectivity index (χ1v) is 7.60. The van der Waals surface area contributed by atoms with E-state index in [0.29, 0.717) is 17.2 Å². The third-order valence-electron chi connectivity index (χ3n) is 3.72. The maximum atomic E-state index is 11.5. The van der Waals surface area contributed by atoms with Gasteiger partial charge < -0.3 is 5.32 Å². The lowest BCUT2D eigenvalue weighted by Gasteiger charge is -2.18. The van der Waals surface area contributed by atoms with Crippen molar-refractivity contribution in [3.8, 4) is 0 Å². The molecule has 2 unspecified atom stereocenters. The molecule has 0 saturated carbocycles. The summed E-state index contributed by atoms with van der Waals surface area (Å²) in [5.41, 5.74) is 3.58. The molecule has 0 bridgehead atoms. The summed E-state index contributed by atoms with van der Waals surface area (Å²) in [7, 11) is 0. The average Bonchev–Trinajstić information content (AvgIpc) is 2.56. The Labute approximate surface area is 117 Å². The van der Waals surface area contributed by atoms with Crippen LogP contribution in [0.1, 0.15) is 49.1 Å². The Bertz CT molecular complexity index is 444. The fraction of sp³-hybridized carbons (Fsp3) is 0.533. The zero-order valence-corrected chi connectivity index (χ0v) is 12.6. The number of anilines is 1. The number of hydrogen-bond acceptors (Lipinski definition) is 1. The van der Waals surface area contributed by atoms with Gasteiger partial charge in [-0.3, -0.25) is 4.79 Å². The molecule has 1 aliphatic heterocycles. The van der Waals surface area contributed by atoms with Crippen LogP contribution in [-0.2, 0) is 11.2 Å². The van der Waals surface area contributed by atoms with Crippen molar-refractivity contribution in [1.82, 2.24) is 0 Å². The number of carbonyl (C=O) groups excluding carboxylic acids is 1. The molecule has 1 aromatic rings.